The van der Waals surface area contributed by atoms with E-state index < -0.39 is 16.1 Å². The molecule has 8 heteroatoms. The minimum Gasteiger partial charge on any atom is -0.495 e. The molecule has 0 aromatic heterocycles. The molecule has 1 fully saturated rings. The number of aliphatic hydroxyl groups is 1. The Bertz CT molecular complexity index is 577. The van der Waals surface area contributed by atoms with Gasteiger partial charge in [-0.2, -0.15) is 4.31 Å². The lowest BCUT2D eigenvalue weighted by atomic mass is 10.3. The maximum atomic E-state index is 12.6. The molecule has 0 aliphatic carbocycles. The Morgan fingerprint density at radius 3 is 2.90 bits per heavy atom. The first-order chi connectivity index (χ1) is 9.50. The zero-order chi connectivity index (χ0) is 14.8. The summed E-state index contributed by atoms with van der Waals surface area (Å²) in [5.74, 6) is 0.409. The summed E-state index contributed by atoms with van der Waals surface area (Å²) in [6.07, 6.45) is 0. The Morgan fingerprint density at radius 2 is 2.30 bits per heavy atom. The fourth-order valence-electron chi connectivity index (χ4n) is 2.04. The predicted molar refractivity (Wildman–Crippen MR) is 73.6 cm³/mol. The summed E-state index contributed by atoms with van der Waals surface area (Å²) >= 11 is 5.96. The monoisotopic (exact) mass is 321 g/mol. The lowest BCUT2D eigenvalue weighted by Gasteiger charge is -2.33. The summed E-state index contributed by atoms with van der Waals surface area (Å²) in [6.45, 7) is 0.402. The number of benzene rings is 1. The van der Waals surface area contributed by atoms with Gasteiger partial charge in [0.05, 0.1) is 42.9 Å². The minimum absolute atomic E-state index is 0.0728. The standard InChI is InChI=1S/C12H16ClNO5S/c1-18-12-3-2-10(6-11(12)13)20(16,17)14-4-5-19-8-9(14)7-15/h2-3,6,9,15H,4-5,7-8H2,1H3. The molecule has 20 heavy (non-hydrogen) atoms. The molecule has 1 unspecified atom stereocenters. The first-order valence-electron chi connectivity index (χ1n) is 6.04. The van der Waals surface area contributed by atoms with Crippen LogP contribution in [0.3, 0.4) is 0 Å². The molecule has 0 saturated carbocycles. The number of hydrogen-bond acceptors (Lipinski definition) is 5. The highest BCUT2D eigenvalue weighted by atomic mass is 35.5. The Morgan fingerprint density at radius 1 is 1.55 bits per heavy atom. The molecule has 1 saturated heterocycles. The molecule has 1 aliphatic heterocycles. The van der Waals surface area contributed by atoms with Gasteiger partial charge in [-0.05, 0) is 18.2 Å². The third kappa shape index (κ3) is 2.91. The second kappa shape index (κ2) is 6.28. The van der Waals surface area contributed by atoms with Crippen molar-refractivity contribution in [2.75, 3.05) is 33.5 Å². The van der Waals surface area contributed by atoms with Crippen molar-refractivity contribution in [2.45, 2.75) is 10.9 Å². The van der Waals surface area contributed by atoms with E-state index in [0.29, 0.717) is 12.4 Å². The third-order valence-electron chi connectivity index (χ3n) is 3.11. The van der Waals surface area contributed by atoms with Crippen LogP contribution < -0.4 is 4.74 Å². The Hall–Kier alpha value is -0.860. The molecule has 1 N–H and O–H groups in total. The van der Waals surface area contributed by atoms with Crippen molar-refractivity contribution in [3.05, 3.63) is 23.2 Å². The Balaban J connectivity index is 2.36. The second-order valence-corrected chi connectivity index (χ2v) is 6.62. The van der Waals surface area contributed by atoms with Crippen LogP contribution in [0.25, 0.3) is 0 Å². The van der Waals surface area contributed by atoms with Crippen LogP contribution in [-0.2, 0) is 14.8 Å². The molecule has 112 valence electrons. The van der Waals surface area contributed by atoms with Gasteiger partial charge >= 0.3 is 0 Å². The lowest BCUT2D eigenvalue weighted by molar-refractivity contribution is 0.0109. The van der Waals surface area contributed by atoms with E-state index in [1.54, 1.807) is 0 Å². The van der Waals surface area contributed by atoms with E-state index in [4.69, 9.17) is 21.1 Å². The SMILES string of the molecule is COc1ccc(S(=O)(=O)N2CCOCC2CO)cc1Cl. The largest absolute Gasteiger partial charge is 0.495 e. The summed E-state index contributed by atoms with van der Waals surface area (Å²) in [5, 5.41) is 9.50. The average molecular weight is 322 g/mol. The van der Waals surface area contributed by atoms with Gasteiger partial charge in [0.25, 0.3) is 0 Å². The zero-order valence-electron chi connectivity index (χ0n) is 11.0. The summed E-state index contributed by atoms with van der Waals surface area (Å²) in [4.78, 5) is 0.0728. The maximum absolute atomic E-state index is 12.6. The molecule has 1 aliphatic rings. The smallest absolute Gasteiger partial charge is 0.243 e. The van der Waals surface area contributed by atoms with Gasteiger partial charge in [-0.3, -0.25) is 0 Å². The Labute approximate surface area is 122 Å². The van der Waals surface area contributed by atoms with Gasteiger partial charge in [-0.25, -0.2) is 8.42 Å². The number of hydrogen-bond donors (Lipinski definition) is 1. The Kier molecular flexibility index (Phi) is 4.87. The predicted octanol–water partition coefficient (Wildman–Crippen LogP) is 0.730. The van der Waals surface area contributed by atoms with Crippen molar-refractivity contribution >= 4 is 21.6 Å². The maximum Gasteiger partial charge on any atom is 0.243 e. The van der Waals surface area contributed by atoms with E-state index >= 15 is 0 Å². The van der Waals surface area contributed by atoms with E-state index in [-0.39, 0.29) is 29.7 Å². The molecule has 0 bridgehead atoms. The van der Waals surface area contributed by atoms with Crippen LogP contribution in [0, 0.1) is 0 Å². The van der Waals surface area contributed by atoms with E-state index in [2.05, 4.69) is 0 Å². The number of nitrogens with zero attached hydrogens (tertiary/aromatic N) is 1. The molecule has 0 radical (unpaired) electrons. The van der Waals surface area contributed by atoms with E-state index in [1.807, 2.05) is 0 Å². The second-order valence-electron chi connectivity index (χ2n) is 4.32. The van der Waals surface area contributed by atoms with Gasteiger partial charge < -0.3 is 14.6 Å². The number of ether oxygens (including phenoxy) is 2. The van der Waals surface area contributed by atoms with Crippen LogP contribution in [0.2, 0.25) is 5.02 Å². The van der Waals surface area contributed by atoms with E-state index in [0.717, 1.165) is 0 Å². The molecule has 0 spiro atoms. The molecular formula is C12H16ClNO5S. The third-order valence-corrected chi connectivity index (χ3v) is 5.36. The van der Waals surface area contributed by atoms with Gasteiger partial charge in [-0.15, -0.1) is 0 Å². The number of morpholine rings is 1. The van der Waals surface area contributed by atoms with Crippen LogP contribution in [0.15, 0.2) is 23.1 Å². The highest BCUT2D eigenvalue weighted by molar-refractivity contribution is 7.89. The molecule has 1 atom stereocenters. The summed E-state index contributed by atoms with van der Waals surface area (Å²) < 4.78 is 36.6. The summed E-state index contributed by atoms with van der Waals surface area (Å²) in [5.41, 5.74) is 0. The molecule has 6 nitrogen and oxygen atoms in total. The quantitative estimate of drug-likeness (QED) is 0.885. The van der Waals surface area contributed by atoms with Gasteiger partial charge in [0, 0.05) is 6.54 Å². The number of halogens is 1. The summed E-state index contributed by atoms with van der Waals surface area (Å²) in [6, 6.07) is 3.71. The van der Waals surface area contributed by atoms with Crippen molar-refractivity contribution in [3.63, 3.8) is 0 Å². The van der Waals surface area contributed by atoms with Gasteiger partial charge in [0.1, 0.15) is 5.75 Å². The number of aliphatic hydroxyl groups excluding tert-OH is 1. The van der Waals surface area contributed by atoms with Gasteiger partial charge in [0.2, 0.25) is 10.0 Å². The number of methoxy groups -OCH3 is 1. The van der Waals surface area contributed by atoms with E-state index in [9.17, 15) is 13.5 Å². The van der Waals surface area contributed by atoms with Crippen molar-refractivity contribution in [3.8, 4) is 5.75 Å². The van der Waals surface area contributed by atoms with E-state index in [1.165, 1.54) is 29.6 Å². The molecule has 0 amide bonds. The van der Waals surface area contributed by atoms with Crippen LogP contribution in [0.4, 0.5) is 0 Å². The topological polar surface area (TPSA) is 76.1 Å². The average Bonchev–Trinajstić information content (AvgIpc) is 2.47. The fourth-order valence-corrected chi connectivity index (χ4v) is 3.98. The number of rotatable bonds is 4. The molecule has 2 rings (SSSR count). The minimum atomic E-state index is -3.72. The molecular weight excluding hydrogens is 306 g/mol. The molecule has 1 aromatic rings. The molecule has 1 heterocycles. The fraction of sp³-hybridized carbons (Fsp3) is 0.500. The van der Waals surface area contributed by atoms with Crippen LogP contribution in [0.1, 0.15) is 0 Å². The highest BCUT2D eigenvalue weighted by Crippen LogP contribution is 2.29. The van der Waals surface area contributed by atoms with Crippen LogP contribution in [0.5, 0.6) is 5.75 Å². The van der Waals surface area contributed by atoms with Crippen molar-refractivity contribution in [1.82, 2.24) is 4.31 Å². The highest BCUT2D eigenvalue weighted by Gasteiger charge is 2.33. The lowest BCUT2D eigenvalue weighted by Crippen LogP contribution is -2.50. The van der Waals surface area contributed by atoms with Crippen LogP contribution >= 0.6 is 11.6 Å². The van der Waals surface area contributed by atoms with Crippen molar-refractivity contribution in [1.29, 1.82) is 0 Å². The van der Waals surface area contributed by atoms with Gasteiger partial charge in [-0.1, -0.05) is 11.6 Å². The number of sulfonamides is 1. The first-order valence-corrected chi connectivity index (χ1v) is 7.86. The normalized spacial score (nSPS) is 20.9. The van der Waals surface area contributed by atoms with Gasteiger partial charge in [0.15, 0.2) is 0 Å². The molecule has 1 aromatic carbocycles. The van der Waals surface area contributed by atoms with Crippen molar-refractivity contribution in [2.24, 2.45) is 0 Å². The zero-order valence-corrected chi connectivity index (χ0v) is 12.5. The van der Waals surface area contributed by atoms with Crippen molar-refractivity contribution < 1.29 is 23.0 Å². The van der Waals surface area contributed by atoms with Crippen LogP contribution in [-0.4, -0.2) is 57.3 Å². The summed E-state index contributed by atoms with van der Waals surface area (Å²) in [7, 11) is -2.26. The first kappa shape index (κ1) is 15.5.